The molecule has 38 heavy (non-hydrogen) atoms. The average Bonchev–Trinajstić information content (AvgIpc) is 3.74. The van der Waals surface area contributed by atoms with Crippen molar-refractivity contribution in [3.63, 3.8) is 0 Å². The molecule has 0 amide bonds. The number of thiophene rings is 1. The van der Waals surface area contributed by atoms with Crippen LogP contribution in [-0.4, -0.2) is 31.7 Å². The Hall–Kier alpha value is -3.88. The maximum absolute atomic E-state index is 13.7. The number of nitrogens with one attached hydrogen (secondary N) is 3. The molecule has 7 rings (SSSR count). The SMILES string of the molecule is Fc1ccc(-c2cccc3[nH]c(-c4n[nH]c5cnc(-c6cncc(CNCC7CCCC7)c6)cc45)cc23)s1. The van der Waals surface area contributed by atoms with Gasteiger partial charge in [-0.2, -0.15) is 9.49 Å². The van der Waals surface area contributed by atoms with Gasteiger partial charge in [-0.05, 0) is 67.3 Å². The Labute approximate surface area is 223 Å². The van der Waals surface area contributed by atoms with E-state index in [1.54, 1.807) is 0 Å². The number of rotatable bonds is 7. The van der Waals surface area contributed by atoms with Crippen LogP contribution in [0.5, 0.6) is 0 Å². The number of aromatic amines is 2. The Morgan fingerprint density at radius 2 is 1.89 bits per heavy atom. The Bertz CT molecular complexity index is 1740. The Balaban J connectivity index is 1.20. The predicted octanol–water partition coefficient (Wildman–Crippen LogP) is 7.32. The first-order chi connectivity index (χ1) is 18.7. The van der Waals surface area contributed by atoms with Crippen molar-refractivity contribution < 1.29 is 4.39 Å². The second-order valence-corrected chi connectivity index (χ2v) is 11.1. The van der Waals surface area contributed by atoms with Crippen molar-refractivity contribution in [2.45, 2.75) is 32.2 Å². The van der Waals surface area contributed by atoms with Crippen LogP contribution in [0.25, 0.3) is 54.9 Å². The first kappa shape index (κ1) is 23.3. The lowest BCUT2D eigenvalue weighted by Gasteiger charge is -2.11. The molecule has 1 aliphatic rings. The van der Waals surface area contributed by atoms with Crippen LogP contribution in [0.2, 0.25) is 0 Å². The molecular weight excluding hydrogens is 495 g/mol. The number of fused-ring (bicyclic) bond motifs is 2. The monoisotopic (exact) mass is 522 g/mol. The Morgan fingerprint density at radius 1 is 0.974 bits per heavy atom. The van der Waals surface area contributed by atoms with Crippen molar-refractivity contribution in [3.8, 4) is 33.1 Å². The molecule has 0 spiro atoms. The maximum Gasteiger partial charge on any atom is 0.176 e. The number of halogens is 1. The van der Waals surface area contributed by atoms with Crippen LogP contribution in [0.4, 0.5) is 4.39 Å². The smallest absolute Gasteiger partial charge is 0.176 e. The number of pyridine rings is 2. The van der Waals surface area contributed by atoms with E-state index in [4.69, 9.17) is 4.98 Å². The normalized spacial score (nSPS) is 14.2. The molecule has 6 nitrogen and oxygen atoms in total. The summed E-state index contributed by atoms with van der Waals surface area (Å²) in [5, 5.41) is 13.2. The lowest BCUT2D eigenvalue weighted by Crippen LogP contribution is -2.20. The van der Waals surface area contributed by atoms with Crippen LogP contribution in [0, 0.1) is 11.0 Å². The number of aromatic nitrogens is 5. The summed E-state index contributed by atoms with van der Waals surface area (Å²) in [6, 6.07) is 15.7. The zero-order valence-corrected chi connectivity index (χ0v) is 21.6. The van der Waals surface area contributed by atoms with Gasteiger partial charge in [-0.3, -0.25) is 15.1 Å². The molecule has 1 aliphatic carbocycles. The van der Waals surface area contributed by atoms with Gasteiger partial charge >= 0.3 is 0 Å². The Morgan fingerprint density at radius 3 is 2.76 bits per heavy atom. The van der Waals surface area contributed by atoms with Crippen LogP contribution < -0.4 is 5.32 Å². The van der Waals surface area contributed by atoms with Crippen molar-refractivity contribution in [1.82, 2.24) is 30.5 Å². The first-order valence-electron chi connectivity index (χ1n) is 13.1. The minimum absolute atomic E-state index is 0.186. The number of hydrogen-bond donors (Lipinski definition) is 3. The van der Waals surface area contributed by atoms with Gasteiger partial charge in [0.15, 0.2) is 5.13 Å². The topological polar surface area (TPSA) is 82.3 Å². The highest BCUT2D eigenvalue weighted by Gasteiger charge is 2.16. The van der Waals surface area contributed by atoms with Gasteiger partial charge in [-0.1, -0.05) is 25.0 Å². The van der Waals surface area contributed by atoms with Crippen molar-refractivity contribution in [2.75, 3.05) is 6.54 Å². The van der Waals surface area contributed by atoms with Crippen LogP contribution in [-0.2, 0) is 6.54 Å². The summed E-state index contributed by atoms with van der Waals surface area (Å²) in [5.41, 5.74) is 7.58. The number of H-pyrrole nitrogens is 2. The van der Waals surface area contributed by atoms with E-state index in [0.717, 1.165) is 90.8 Å². The fourth-order valence-electron chi connectivity index (χ4n) is 5.60. The minimum Gasteiger partial charge on any atom is -0.353 e. The summed E-state index contributed by atoms with van der Waals surface area (Å²) in [7, 11) is 0. The average molecular weight is 523 g/mol. The van der Waals surface area contributed by atoms with Crippen molar-refractivity contribution >= 4 is 33.1 Å². The van der Waals surface area contributed by atoms with Gasteiger partial charge in [-0.15, -0.1) is 11.3 Å². The molecule has 0 bridgehead atoms. The second-order valence-electron chi connectivity index (χ2n) is 10.1. The summed E-state index contributed by atoms with van der Waals surface area (Å²) in [5.74, 6) is 0.807. The fourth-order valence-corrected chi connectivity index (χ4v) is 6.37. The molecule has 0 unspecified atom stereocenters. The fraction of sp³-hybridized carbons (Fsp3) is 0.233. The largest absolute Gasteiger partial charge is 0.353 e. The third kappa shape index (κ3) is 4.40. The molecule has 8 heteroatoms. The van der Waals surface area contributed by atoms with Crippen molar-refractivity contribution in [2.24, 2.45) is 5.92 Å². The molecule has 1 fully saturated rings. The highest BCUT2D eigenvalue weighted by molar-refractivity contribution is 7.14. The zero-order valence-electron chi connectivity index (χ0n) is 20.8. The predicted molar refractivity (Wildman–Crippen MR) is 151 cm³/mol. The lowest BCUT2D eigenvalue weighted by atomic mass is 10.1. The van der Waals surface area contributed by atoms with Crippen molar-refractivity contribution in [1.29, 1.82) is 0 Å². The molecule has 5 heterocycles. The van der Waals surface area contributed by atoms with E-state index in [0.29, 0.717) is 0 Å². The van der Waals surface area contributed by atoms with E-state index in [1.165, 1.54) is 31.7 Å². The summed E-state index contributed by atoms with van der Waals surface area (Å²) >= 11 is 1.16. The van der Waals surface area contributed by atoms with Crippen LogP contribution in [0.15, 0.2) is 67.1 Å². The van der Waals surface area contributed by atoms with Gasteiger partial charge < -0.3 is 10.3 Å². The van der Waals surface area contributed by atoms with E-state index in [2.05, 4.69) is 43.7 Å². The third-order valence-corrected chi connectivity index (χ3v) is 8.44. The summed E-state index contributed by atoms with van der Waals surface area (Å²) in [6.45, 7) is 1.88. The van der Waals surface area contributed by atoms with E-state index in [9.17, 15) is 4.39 Å². The van der Waals surface area contributed by atoms with E-state index >= 15 is 0 Å². The highest BCUT2D eigenvalue weighted by Crippen LogP contribution is 2.37. The molecule has 0 atom stereocenters. The lowest BCUT2D eigenvalue weighted by molar-refractivity contribution is 0.489. The standard InChI is InChI=1S/C30H27FN6S/c31-29-9-8-28(38-29)21-6-3-7-24-22(21)11-26(35-24)30-23-12-25(34-17-27(23)36-37-30)20-10-19(15-33-16-20)14-32-13-18-4-1-2-5-18/h3,6-12,15-18,32,35H,1-2,4-5,13-14H2,(H,36,37). The maximum atomic E-state index is 13.7. The van der Waals surface area contributed by atoms with Gasteiger partial charge in [0.2, 0.25) is 0 Å². The molecule has 190 valence electrons. The quantitative estimate of drug-likeness (QED) is 0.205. The number of benzene rings is 1. The molecule has 1 saturated carbocycles. The highest BCUT2D eigenvalue weighted by atomic mass is 32.1. The van der Waals surface area contributed by atoms with Crippen molar-refractivity contribution in [3.05, 3.63) is 77.8 Å². The number of nitrogens with zero attached hydrogens (tertiary/aromatic N) is 3. The molecule has 5 aromatic heterocycles. The van der Waals surface area contributed by atoms with Gasteiger partial charge in [0.05, 0.1) is 23.1 Å². The minimum atomic E-state index is -0.186. The van der Waals surface area contributed by atoms with Crippen LogP contribution in [0.1, 0.15) is 31.2 Å². The van der Waals surface area contributed by atoms with Crippen LogP contribution in [0.3, 0.4) is 0 Å². The Kier molecular flexibility index (Phi) is 5.98. The summed E-state index contributed by atoms with van der Waals surface area (Å²) in [4.78, 5) is 13.6. The molecule has 3 N–H and O–H groups in total. The van der Waals surface area contributed by atoms with Gasteiger partial charge in [0, 0.05) is 51.2 Å². The molecule has 0 radical (unpaired) electrons. The second kappa shape index (κ2) is 9.78. The summed E-state index contributed by atoms with van der Waals surface area (Å²) in [6.07, 6.45) is 11.0. The van der Waals surface area contributed by atoms with E-state index in [1.807, 2.05) is 42.9 Å². The first-order valence-corrected chi connectivity index (χ1v) is 13.9. The van der Waals surface area contributed by atoms with E-state index in [-0.39, 0.29) is 5.13 Å². The molecule has 6 aromatic rings. The third-order valence-electron chi connectivity index (χ3n) is 7.53. The van der Waals surface area contributed by atoms with Gasteiger partial charge in [0.1, 0.15) is 5.69 Å². The van der Waals surface area contributed by atoms with Crippen LogP contribution >= 0.6 is 11.3 Å². The number of hydrogen-bond acceptors (Lipinski definition) is 5. The molecule has 0 saturated heterocycles. The van der Waals surface area contributed by atoms with Gasteiger partial charge in [-0.25, -0.2) is 0 Å². The van der Waals surface area contributed by atoms with Gasteiger partial charge in [0.25, 0.3) is 0 Å². The molecule has 0 aliphatic heterocycles. The summed E-state index contributed by atoms with van der Waals surface area (Å²) < 4.78 is 13.7. The zero-order chi connectivity index (χ0) is 25.5. The van der Waals surface area contributed by atoms with E-state index < -0.39 is 0 Å². The molecular formula is C30H27FN6S. The molecule has 1 aromatic carbocycles.